The first-order valence-electron chi connectivity index (χ1n) is 5.33. The van der Waals surface area contributed by atoms with Crippen LogP contribution in [-0.2, 0) is 16.4 Å². The molecule has 1 aromatic rings. The highest BCUT2D eigenvalue weighted by atomic mass is 32.2. The van der Waals surface area contributed by atoms with Crippen molar-refractivity contribution in [2.45, 2.75) is 13.5 Å². The molecule has 0 spiro atoms. The Morgan fingerprint density at radius 1 is 1.41 bits per heavy atom. The summed E-state index contributed by atoms with van der Waals surface area (Å²) in [6.07, 6.45) is 0. The van der Waals surface area contributed by atoms with Crippen LogP contribution in [0.15, 0.2) is 18.2 Å². The van der Waals surface area contributed by atoms with Crippen LogP contribution in [0.1, 0.15) is 12.5 Å². The summed E-state index contributed by atoms with van der Waals surface area (Å²) in [5.41, 5.74) is 0.416. The van der Waals surface area contributed by atoms with Crippen molar-refractivity contribution in [2.75, 3.05) is 18.1 Å². The van der Waals surface area contributed by atoms with Crippen LogP contribution in [0, 0.1) is 5.82 Å². The Kier molecular flexibility index (Phi) is 4.89. The Balaban J connectivity index is 2.44. The third kappa shape index (κ3) is 4.70. The van der Waals surface area contributed by atoms with E-state index in [-0.39, 0.29) is 30.3 Å². The molecule has 0 saturated heterocycles. The van der Waals surface area contributed by atoms with Gasteiger partial charge in [-0.05, 0) is 18.2 Å². The number of benzene rings is 1. The number of halogens is 1. The number of phenols is 1. The standard InChI is InChI=1S/C11H16FNO3S/c1-2-17(15,16)6-5-13-8-9-7-10(12)3-4-11(9)14/h3-4,7,13-14H,2,5-6,8H2,1H3. The monoisotopic (exact) mass is 261 g/mol. The Morgan fingerprint density at radius 3 is 2.76 bits per heavy atom. The van der Waals surface area contributed by atoms with Gasteiger partial charge in [-0.1, -0.05) is 6.92 Å². The fraction of sp³-hybridized carbons (Fsp3) is 0.455. The molecular weight excluding hydrogens is 245 g/mol. The fourth-order valence-electron chi connectivity index (χ4n) is 1.29. The van der Waals surface area contributed by atoms with Gasteiger partial charge in [-0.3, -0.25) is 0 Å². The molecule has 0 fully saturated rings. The van der Waals surface area contributed by atoms with Crippen LogP contribution in [0.5, 0.6) is 5.75 Å². The van der Waals surface area contributed by atoms with E-state index in [0.29, 0.717) is 5.56 Å². The predicted molar refractivity (Wildman–Crippen MR) is 64.1 cm³/mol. The van der Waals surface area contributed by atoms with Crippen LogP contribution in [0.3, 0.4) is 0 Å². The molecule has 17 heavy (non-hydrogen) atoms. The van der Waals surface area contributed by atoms with Crippen molar-refractivity contribution in [1.82, 2.24) is 5.32 Å². The van der Waals surface area contributed by atoms with Crippen LogP contribution in [0.2, 0.25) is 0 Å². The van der Waals surface area contributed by atoms with E-state index in [4.69, 9.17) is 0 Å². The minimum atomic E-state index is -2.99. The van der Waals surface area contributed by atoms with E-state index in [9.17, 15) is 17.9 Å². The molecule has 6 heteroatoms. The minimum Gasteiger partial charge on any atom is -0.508 e. The van der Waals surface area contributed by atoms with Crippen molar-refractivity contribution >= 4 is 9.84 Å². The van der Waals surface area contributed by atoms with Crippen LogP contribution in [0.4, 0.5) is 4.39 Å². The number of hydrogen-bond acceptors (Lipinski definition) is 4. The molecule has 0 aliphatic carbocycles. The molecule has 0 unspecified atom stereocenters. The topological polar surface area (TPSA) is 66.4 Å². The van der Waals surface area contributed by atoms with Gasteiger partial charge in [-0.15, -0.1) is 0 Å². The van der Waals surface area contributed by atoms with E-state index in [1.54, 1.807) is 6.92 Å². The maximum Gasteiger partial charge on any atom is 0.151 e. The molecule has 4 nitrogen and oxygen atoms in total. The molecule has 1 aromatic carbocycles. The third-order valence-corrected chi connectivity index (χ3v) is 4.09. The number of phenolic OH excluding ortho intramolecular Hbond substituents is 1. The van der Waals surface area contributed by atoms with Gasteiger partial charge in [0.15, 0.2) is 9.84 Å². The summed E-state index contributed by atoms with van der Waals surface area (Å²) in [6.45, 7) is 2.11. The van der Waals surface area contributed by atoms with Gasteiger partial charge >= 0.3 is 0 Å². The van der Waals surface area contributed by atoms with Crippen molar-refractivity contribution in [1.29, 1.82) is 0 Å². The molecule has 0 atom stereocenters. The minimum absolute atomic E-state index is 0.00255. The zero-order chi connectivity index (χ0) is 12.9. The average molecular weight is 261 g/mol. The van der Waals surface area contributed by atoms with Gasteiger partial charge in [0.25, 0.3) is 0 Å². The second-order valence-electron chi connectivity index (χ2n) is 3.69. The first-order chi connectivity index (χ1) is 7.94. The van der Waals surface area contributed by atoms with E-state index >= 15 is 0 Å². The molecule has 0 radical (unpaired) electrons. The number of hydrogen-bond donors (Lipinski definition) is 2. The molecule has 0 bridgehead atoms. The van der Waals surface area contributed by atoms with E-state index < -0.39 is 15.7 Å². The van der Waals surface area contributed by atoms with E-state index in [1.165, 1.54) is 18.2 Å². The number of aromatic hydroxyl groups is 1. The van der Waals surface area contributed by atoms with E-state index in [2.05, 4.69) is 5.32 Å². The maximum absolute atomic E-state index is 12.9. The first-order valence-corrected chi connectivity index (χ1v) is 7.15. The normalized spacial score (nSPS) is 11.6. The number of nitrogens with one attached hydrogen (secondary N) is 1. The molecule has 0 heterocycles. The molecule has 0 aromatic heterocycles. The van der Waals surface area contributed by atoms with Crippen LogP contribution in [-0.4, -0.2) is 31.6 Å². The molecule has 1 rings (SSSR count). The van der Waals surface area contributed by atoms with Crippen molar-refractivity contribution in [3.8, 4) is 5.75 Å². The highest BCUT2D eigenvalue weighted by molar-refractivity contribution is 7.91. The number of rotatable bonds is 6. The largest absolute Gasteiger partial charge is 0.508 e. The Bertz CT molecular complexity index is 474. The molecule has 0 amide bonds. The summed E-state index contributed by atoms with van der Waals surface area (Å²) in [5, 5.41) is 12.3. The molecule has 0 saturated carbocycles. The molecule has 96 valence electrons. The van der Waals surface area contributed by atoms with Gasteiger partial charge in [-0.2, -0.15) is 0 Å². The van der Waals surface area contributed by atoms with Gasteiger partial charge < -0.3 is 10.4 Å². The molecule has 0 aliphatic rings. The summed E-state index contributed by atoms with van der Waals surface area (Å²) < 4.78 is 35.2. The smallest absolute Gasteiger partial charge is 0.151 e. The molecule has 2 N–H and O–H groups in total. The van der Waals surface area contributed by atoms with Gasteiger partial charge in [0.2, 0.25) is 0 Å². The SMILES string of the molecule is CCS(=O)(=O)CCNCc1cc(F)ccc1O. The number of sulfone groups is 1. The summed E-state index contributed by atoms with van der Waals surface area (Å²) in [4.78, 5) is 0. The average Bonchev–Trinajstić information content (AvgIpc) is 2.29. The summed E-state index contributed by atoms with van der Waals surface area (Å²) >= 11 is 0. The Hall–Kier alpha value is -1.14. The lowest BCUT2D eigenvalue weighted by molar-refractivity contribution is 0.462. The highest BCUT2D eigenvalue weighted by Crippen LogP contribution is 2.17. The van der Waals surface area contributed by atoms with Gasteiger partial charge in [-0.25, -0.2) is 12.8 Å². The van der Waals surface area contributed by atoms with Crippen molar-refractivity contribution in [3.63, 3.8) is 0 Å². The van der Waals surface area contributed by atoms with Crippen LogP contribution < -0.4 is 5.32 Å². The molecular formula is C11H16FNO3S. The summed E-state index contributed by atoms with van der Waals surface area (Å²) in [5.74, 6) is -0.280. The summed E-state index contributed by atoms with van der Waals surface area (Å²) in [7, 11) is -2.99. The second kappa shape index (κ2) is 5.97. The zero-order valence-corrected chi connectivity index (χ0v) is 10.4. The first kappa shape index (κ1) is 13.9. The van der Waals surface area contributed by atoms with Gasteiger partial charge in [0, 0.05) is 24.4 Å². The second-order valence-corrected chi connectivity index (χ2v) is 6.16. The summed E-state index contributed by atoms with van der Waals surface area (Å²) in [6, 6.07) is 3.66. The van der Waals surface area contributed by atoms with Crippen molar-refractivity contribution in [2.24, 2.45) is 0 Å². The zero-order valence-electron chi connectivity index (χ0n) is 9.61. The third-order valence-electron chi connectivity index (χ3n) is 2.39. The van der Waals surface area contributed by atoms with E-state index in [1.807, 2.05) is 0 Å². The van der Waals surface area contributed by atoms with Crippen LogP contribution >= 0.6 is 0 Å². The van der Waals surface area contributed by atoms with Gasteiger partial charge in [0.05, 0.1) is 5.75 Å². The lowest BCUT2D eigenvalue weighted by atomic mass is 10.2. The van der Waals surface area contributed by atoms with Crippen LogP contribution in [0.25, 0.3) is 0 Å². The highest BCUT2D eigenvalue weighted by Gasteiger charge is 2.07. The quantitative estimate of drug-likeness (QED) is 0.751. The lowest BCUT2D eigenvalue weighted by Gasteiger charge is -2.07. The Labute approximate surface area is 100 Å². The maximum atomic E-state index is 12.9. The molecule has 0 aliphatic heterocycles. The van der Waals surface area contributed by atoms with E-state index in [0.717, 1.165) is 0 Å². The van der Waals surface area contributed by atoms with Crippen molar-refractivity contribution < 1.29 is 17.9 Å². The fourth-order valence-corrected chi connectivity index (χ4v) is 2.03. The lowest BCUT2D eigenvalue weighted by Crippen LogP contribution is -2.23. The van der Waals surface area contributed by atoms with Gasteiger partial charge in [0.1, 0.15) is 11.6 Å². The Morgan fingerprint density at radius 2 is 2.12 bits per heavy atom. The van der Waals surface area contributed by atoms with Crippen molar-refractivity contribution in [3.05, 3.63) is 29.6 Å². The predicted octanol–water partition coefficient (Wildman–Crippen LogP) is 1.06.